The van der Waals surface area contributed by atoms with E-state index in [0.717, 1.165) is 11.1 Å². The number of halogens is 1. The molecule has 0 fully saturated rings. The fourth-order valence-electron chi connectivity index (χ4n) is 2.17. The first-order chi connectivity index (χ1) is 11.9. The number of aryl methyl sites for hydroxylation is 2. The van der Waals surface area contributed by atoms with Crippen LogP contribution in [0.2, 0.25) is 5.02 Å². The van der Waals surface area contributed by atoms with Gasteiger partial charge in [0.25, 0.3) is 5.91 Å². The van der Waals surface area contributed by atoms with Gasteiger partial charge in [0.1, 0.15) is 11.5 Å². The highest BCUT2D eigenvalue weighted by Crippen LogP contribution is 2.27. The van der Waals surface area contributed by atoms with Crippen molar-refractivity contribution < 1.29 is 14.3 Å². The topological polar surface area (TPSA) is 59.6 Å². The summed E-state index contributed by atoms with van der Waals surface area (Å²) in [6.07, 6.45) is 0. The normalized spacial score (nSPS) is 10.1. The lowest BCUT2D eigenvalue weighted by molar-refractivity contribution is -0.121. The van der Waals surface area contributed by atoms with E-state index >= 15 is 0 Å². The van der Waals surface area contributed by atoms with Crippen molar-refractivity contribution in [2.45, 2.75) is 13.8 Å². The van der Waals surface area contributed by atoms with Gasteiger partial charge in [0, 0.05) is 5.69 Å². The molecule has 0 saturated heterocycles. The summed E-state index contributed by atoms with van der Waals surface area (Å²) in [6.45, 7) is 3.80. The third kappa shape index (κ3) is 5.62. The number of hydrogen-bond donors (Lipinski definition) is 2. The number of benzene rings is 2. The molecule has 0 unspecified atom stereocenters. The van der Waals surface area contributed by atoms with Gasteiger partial charge < -0.3 is 14.8 Å². The van der Waals surface area contributed by atoms with Crippen LogP contribution in [0.1, 0.15) is 11.1 Å². The van der Waals surface area contributed by atoms with Crippen LogP contribution < -0.4 is 20.1 Å². The Morgan fingerprint density at radius 3 is 2.52 bits per heavy atom. The van der Waals surface area contributed by atoms with Gasteiger partial charge in [-0.15, -0.1) is 0 Å². The zero-order valence-electron chi connectivity index (χ0n) is 14.2. The molecule has 2 N–H and O–H groups in total. The Balaban J connectivity index is 1.85. The standard InChI is InChI=1S/C18H19ClN2O3S/c1-11-4-6-15(12(2)8-11)24-10-17(22)21-18(25)20-13-5-7-16(23-3)14(19)9-13/h4-9H,10H2,1-3H3,(H2,20,21,22,25). The van der Waals surface area contributed by atoms with Gasteiger partial charge in [-0.2, -0.15) is 0 Å². The van der Waals surface area contributed by atoms with Crippen LogP contribution in [0.15, 0.2) is 36.4 Å². The number of carbonyl (C=O) groups is 1. The van der Waals surface area contributed by atoms with E-state index in [9.17, 15) is 4.79 Å². The van der Waals surface area contributed by atoms with E-state index in [1.807, 2.05) is 32.0 Å². The average molecular weight is 379 g/mol. The summed E-state index contributed by atoms with van der Waals surface area (Å²) in [4.78, 5) is 12.0. The molecular formula is C18H19ClN2O3S. The average Bonchev–Trinajstić information content (AvgIpc) is 2.54. The molecule has 1 amide bonds. The second-order valence-electron chi connectivity index (χ2n) is 5.41. The van der Waals surface area contributed by atoms with Crippen LogP contribution in [-0.2, 0) is 4.79 Å². The number of thiocarbonyl (C=S) groups is 1. The first-order valence-electron chi connectivity index (χ1n) is 7.53. The molecule has 5 nitrogen and oxygen atoms in total. The lowest BCUT2D eigenvalue weighted by Gasteiger charge is -2.12. The Morgan fingerprint density at radius 2 is 1.88 bits per heavy atom. The van der Waals surface area contributed by atoms with Crippen molar-refractivity contribution in [3.8, 4) is 11.5 Å². The quantitative estimate of drug-likeness (QED) is 0.774. The Labute approximate surface area is 157 Å². The van der Waals surface area contributed by atoms with Gasteiger partial charge >= 0.3 is 0 Å². The molecule has 0 aliphatic carbocycles. The largest absolute Gasteiger partial charge is 0.495 e. The number of carbonyl (C=O) groups excluding carboxylic acids is 1. The molecule has 0 aliphatic rings. The summed E-state index contributed by atoms with van der Waals surface area (Å²) in [7, 11) is 1.54. The van der Waals surface area contributed by atoms with Crippen molar-refractivity contribution in [3.63, 3.8) is 0 Å². The van der Waals surface area contributed by atoms with Crippen LogP contribution in [-0.4, -0.2) is 24.7 Å². The first-order valence-corrected chi connectivity index (χ1v) is 8.32. The van der Waals surface area contributed by atoms with Gasteiger partial charge in [-0.05, 0) is 55.9 Å². The molecular weight excluding hydrogens is 360 g/mol. The van der Waals surface area contributed by atoms with E-state index in [4.69, 9.17) is 33.3 Å². The molecule has 25 heavy (non-hydrogen) atoms. The molecule has 0 bridgehead atoms. The molecule has 0 aliphatic heterocycles. The number of hydrogen-bond acceptors (Lipinski definition) is 4. The zero-order chi connectivity index (χ0) is 18.4. The molecule has 0 aromatic heterocycles. The molecule has 2 aromatic rings. The lowest BCUT2D eigenvalue weighted by atomic mass is 10.1. The van der Waals surface area contributed by atoms with Crippen molar-refractivity contribution in [2.75, 3.05) is 19.0 Å². The molecule has 0 spiro atoms. The molecule has 0 radical (unpaired) electrons. The highest BCUT2D eigenvalue weighted by Gasteiger charge is 2.08. The highest BCUT2D eigenvalue weighted by molar-refractivity contribution is 7.80. The molecule has 2 aromatic carbocycles. The second-order valence-corrected chi connectivity index (χ2v) is 6.22. The van der Waals surface area contributed by atoms with Crippen LogP contribution in [0.3, 0.4) is 0 Å². The van der Waals surface area contributed by atoms with Gasteiger partial charge in [0.15, 0.2) is 11.7 Å². The van der Waals surface area contributed by atoms with Crippen molar-refractivity contribution in [1.82, 2.24) is 5.32 Å². The third-order valence-corrected chi connectivity index (χ3v) is 3.85. The minimum Gasteiger partial charge on any atom is -0.495 e. The maximum atomic E-state index is 12.0. The molecule has 2 rings (SSSR count). The fraction of sp³-hybridized carbons (Fsp3) is 0.222. The number of amides is 1. The minimum absolute atomic E-state index is 0.130. The lowest BCUT2D eigenvalue weighted by Crippen LogP contribution is -2.37. The predicted octanol–water partition coefficient (Wildman–Crippen LogP) is 3.86. The molecule has 132 valence electrons. The summed E-state index contributed by atoms with van der Waals surface area (Å²) in [5, 5.41) is 6.05. The number of ether oxygens (including phenoxy) is 2. The second kappa shape index (κ2) is 8.69. The first kappa shape index (κ1) is 19.0. The summed E-state index contributed by atoms with van der Waals surface area (Å²) < 4.78 is 10.6. The number of rotatable bonds is 5. The predicted molar refractivity (Wildman–Crippen MR) is 104 cm³/mol. The Bertz CT molecular complexity index is 796. The Hall–Kier alpha value is -2.31. The highest BCUT2D eigenvalue weighted by atomic mass is 35.5. The van der Waals surface area contributed by atoms with Crippen LogP contribution in [0, 0.1) is 13.8 Å². The van der Waals surface area contributed by atoms with E-state index in [2.05, 4.69) is 10.6 Å². The van der Waals surface area contributed by atoms with Crippen molar-refractivity contribution in [1.29, 1.82) is 0 Å². The SMILES string of the molecule is COc1ccc(NC(=S)NC(=O)COc2ccc(C)cc2C)cc1Cl. The summed E-state index contributed by atoms with van der Waals surface area (Å²) in [5.74, 6) is 0.877. The van der Waals surface area contributed by atoms with E-state index in [1.54, 1.807) is 18.2 Å². The van der Waals surface area contributed by atoms with Crippen LogP contribution in [0.4, 0.5) is 5.69 Å². The fourth-order valence-corrected chi connectivity index (χ4v) is 2.66. The maximum absolute atomic E-state index is 12.0. The van der Waals surface area contributed by atoms with Gasteiger partial charge in [0.2, 0.25) is 0 Å². The number of methoxy groups -OCH3 is 1. The van der Waals surface area contributed by atoms with Crippen LogP contribution >= 0.6 is 23.8 Å². The van der Waals surface area contributed by atoms with Gasteiger partial charge in [0.05, 0.1) is 12.1 Å². The van der Waals surface area contributed by atoms with E-state index in [0.29, 0.717) is 22.2 Å². The monoisotopic (exact) mass is 378 g/mol. The maximum Gasteiger partial charge on any atom is 0.264 e. The Morgan fingerprint density at radius 1 is 1.16 bits per heavy atom. The zero-order valence-corrected chi connectivity index (χ0v) is 15.8. The van der Waals surface area contributed by atoms with Crippen LogP contribution in [0.5, 0.6) is 11.5 Å². The number of nitrogens with one attached hydrogen (secondary N) is 2. The molecule has 7 heteroatoms. The summed E-state index contributed by atoms with van der Waals surface area (Å²) in [6, 6.07) is 10.9. The smallest absolute Gasteiger partial charge is 0.264 e. The van der Waals surface area contributed by atoms with E-state index < -0.39 is 0 Å². The molecule has 0 atom stereocenters. The van der Waals surface area contributed by atoms with E-state index in [-0.39, 0.29) is 17.6 Å². The van der Waals surface area contributed by atoms with Crippen molar-refractivity contribution in [3.05, 3.63) is 52.5 Å². The molecule has 0 saturated carbocycles. The van der Waals surface area contributed by atoms with Crippen molar-refractivity contribution >= 4 is 40.5 Å². The van der Waals surface area contributed by atoms with Gasteiger partial charge in [-0.25, -0.2) is 0 Å². The minimum atomic E-state index is -0.350. The van der Waals surface area contributed by atoms with Gasteiger partial charge in [-0.1, -0.05) is 29.3 Å². The van der Waals surface area contributed by atoms with Crippen LogP contribution in [0.25, 0.3) is 0 Å². The van der Waals surface area contributed by atoms with E-state index in [1.165, 1.54) is 7.11 Å². The summed E-state index contributed by atoms with van der Waals surface area (Å²) >= 11 is 11.2. The number of anilines is 1. The van der Waals surface area contributed by atoms with Crippen molar-refractivity contribution in [2.24, 2.45) is 0 Å². The third-order valence-electron chi connectivity index (χ3n) is 3.35. The molecule has 0 heterocycles. The Kier molecular flexibility index (Phi) is 6.61. The summed E-state index contributed by atoms with van der Waals surface area (Å²) in [5.41, 5.74) is 2.76. The van der Waals surface area contributed by atoms with Gasteiger partial charge in [-0.3, -0.25) is 10.1 Å².